The first kappa shape index (κ1) is 8.89. The molecule has 66 valence electrons. The summed E-state index contributed by atoms with van der Waals surface area (Å²) in [6, 6.07) is -0.666. The normalized spacial score (nSPS) is 52.6. The van der Waals surface area contributed by atoms with E-state index in [0.29, 0.717) is 0 Å². The van der Waals surface area contributed by atoms with E-state index in [-0.39, 0.29) is 6.61 Å². The summed E-state index contributed by atoms with van der Waals surface area (Å²) >= 11 is 0. The number of hydrogen-bond acceptors (Lipinski definition) is 5. The van der Waals surface area contributed by atoms with E-state index < -0.39 is 24.0 Å². The van der Waals surface area contributed by atoms with Gasteiger partial charge in [-0.05, 0) is 6.92 Å². The number of rotatable bonds is 0. The standard InChI is InChI=1S/C6H13NO4/c1-6(10)3(7)2-11-5(9)4(6)8/h3-5,8-10H,2,7H2,1H3/t3-,4+,5+,6-/m1/s1. The van der Waals surface area contributed by atoms with Crippen LogP contribution in [0.3, 0.4) is 0 Å². The summed E-state index contributed by atoms with van der Waals surface area (Å²) in [5.74, 6) is 0. The van der Waals surface area contributed by atoms with Crippen LogP contribution < -0.4 is 5.73 Å². The second-order valence-electron chi connectivity index (χ2n) is 3.00. The maximum absolute atomic E-state index is 9.47. The largest absolute Gasteiger partial charge is 0.386 e. The first-order valence-corrected chi connectivity index (χ1v) is 3.42. The third-order valence-corrected chi connectivity index (χ3v) is 2.07. The summed E-state index contributed by atoms with van der Waals surface area (Å²) in [6.45, 7) is 1.42. The Labute approximate surface area is 64.4 Å². The molecule has 1 saturated heterocycles. The van der Waals surface area contributed by atoms with Crippen LogP contribution in [0.15, 0.2) is 0 Å². The molecule has 1 rings (SSSR count). The van der Waals surface area contributed by atoms with Gasteiger partial charge >= 0.3 is 0 Å². The first-order valence-electron chi connectivity index (χ1n) is 3.42. The van der Waals surface area contributed by atoms with Crippen molar-refractivity contribution in [3.8, 4) is 0 Å². The van der Waals surface area contributed by atoms with Gasteiger partial charge in [0.25, 0.3) is 0 Å². The second kappa shape index (κ2) is 2.69. The van der Waals surface area contributed by atoms with Crippen molar-refractivity contribution in [2.75, 3.05) is 6.61 Å². The minimum absolute atomic E-state index is 0.0469. The molecule has 11 heavy (non-hydrogen) atoms. The Hall–Kier alpha value is -0.200. The van der Waals surface area contributed by atoms with E-state index in [1.165, 1.54) is 6.92 Å². The van der Waals surface area contributed by atoms with Gasteiger partial charge in [-0.15, -0.1) is 0 Å². The molecule has 4 atom stereocenters. The van der Waals surface area contributed by atoms with Crippen molar-refractivity contribution in [3.63, 3.8) is 0 Å². The summed E-state index contributed by atoms with van der Waals surface area (Å²) in [5.41, 5.74) is 3.94. The number of aliphatic hydroxyl groups excluding tert-OH is 2. The maximum Gasteiger partial charge on any atom is 0.183 e. The number of aliphatic hydroxyl groups is 3. The zero-order valence-corrected chi connectivity index (χ0v) is 6.27. The molecule has 0 unspecified atom stereocenters. The van der Waals surface area contributed by atoms with Crippen LogP contribution in [0.4, 0.5) is 0 Å². The Morgan fingerprint density at radius 2 is 2.09 bits per heavy atom. The van der Waals surface area contributed by atoms with Crippen molar-refractivity contribution in [1.29, 1.82) is 0 Å². The van der Waals surface area contributed by atoms with E-state index in [9.17, 15) is 10.2 Å². The smallest absolute Gasteiger partial charge is 0.183 e. The lowest BCUT2D eigenvalue weighted by molar-refractivity contribution is -0.256. The Kier molecular flexibility index (Phi) is 2.17. The van der Waals surface area contributed by atoms with Gasteiger partial charge in [-0.2, -0.15) is 0 Å². The fourth-order valence-corrected chi connectivity index (χ4v) is 0.970. The molecular formula is C6H13NO4. The summed E-state index contributed by atoms with van der Waals surface area (Å²) < 4.78 is 4.66. The highest BCUT2D eigenvalue weighted by atomic mass is 16.6. The van der Waals surface area contributed by atoms with Gasteiger partial charge in [0.2, 0.25) is 0 Å². The van der Waals surface area contributed by atoms with Crippen LogP contribution in [0.25, 0.3) is 0 Å². The molecule has 0 radical (unpaired) electrons. The van der Waals surface area contributed by atoms with E-state index in [0.717, 1.165) is 0 Å². The molecule has 0 aromatic heterocycles. The van der Waals surface area contributed by atoms with E-state index in [1.807, 2.05) is 0 Å². The van der Waals surface area contributed by atoms with Gasteiger partial charge in [-0.1, -0.05) is 0 Å². The molecule has 0 spiro atoms. The molecule has 5 heteroatoms. The fraction of sp³-hybridized carbons (Fsp3) is 1.00. The lowest BCUT2D eigenvalue weighted by atomic mass is 9.89. The topological polar surface area (TPSA) is 95.9 Å². The highest BCUT2D eigenvalue weighted by molar-refractivity contribution is 4.96. The average molecular weight is 163 g/mol. The Morgan fingerprint density at radius 1 is 1.55 bits per heavy atom. The van der Waals surface area contributed by atoms with Crippen LogP contribution in [0, 0.1) is 0 Å². The van der Waals surface area contributed by atoms with Gasteiger partial charge in [-0.25, -0.2) is 0 Å². The van der Waals surface area contributed by atoms with Crippen LogP contribution in [0.5, 0.6) is 0 Å². The number of nitrogens with two attached hydrogens (primary N) is 1. The van der Waals surface area contributed by atoms with Crippen LogP contribution in [0.2, 0.25) is 0 Å². The number of hydrogen-bond donors (Lipinski definition) is 4. The Morgan fingerprint density at radius 3 is 2.55 bits per heavy atom. The van der Waals surface area contributed by atoms with Gasteiger partial charge < -0.3 is 25.8 Å². The molecule has 1 heterocycles. The van der Waals surface area contributed by atoms with Crippen molar-refractivity contribution < 1.29 is 20.1 Å². The monoisotopic (exact) mass is 163 g/mol. The first-order chi connectivity index (χ1) is 4.96. The van der Waals surface area contributed by atoms with Crippen LogP contribution in [-0.4, -0.2) is 46.0 Å². The van der Waals surface area contributed by atoms with Crippen molar-refractivity contribution in [1.82, 2.24) is 0 Å². The molecule has 1 aliphatic rings. The summed E-state index contributed by atoms with van der Waals surface area (Å²) in [5, 5.41) is 27.6. The van der Waals surface area contributed by atoms with Crippen LogP contribution in [0.1, 0.15) is 6.92 Å². The molecule has 1 fully saturated rings. The second-order valence-corrected chi connectivity index (χ2v) is 3.00. The summed E-state index contributed by atoms with van der Waals surface area (Å²) in [4.78, 5) is 0. The molecule has 0 aliphatic carbocycles. The van der Waals surface area contributed by atoms with E-state index in [4.69, 9.17) is 10.8 Å². The van der Waals surface area contributed by atoms with E-state index >= 15 is 0 Å². The van der Waals surface area contributed by atoms with Crippen molar-refractivity contribution in [2.45, 2.75) is 31.0 Å². The van der Waals surface area contributed by atoms with Crippen molar-refractivity contribution >= 4 is 0 Å². The highest BCUT2D eigenvalue weighted by Crippen LogP contribution is 2.22. The third kappa shape index (κ3) is 1.38. The van der Waals surface area contributed by atoms with Crippen LogP contribution >= 0.6 is 0 Å². The molecule has 0 aromatic rings. The molecule has 0 bridgehead atoms. The predicted octanol–water partition coefficient (Wildman–Crippen LogP) is -2.23. The molecule has 1 aliphatic heterocycles. The summed E-state index contributed by atoms with van der Waals surface area (Å²) in [6.07, 6.45) is -2.68. The van der Waals surface area contributed by atoms with Gasteiger partial charge in [0, 0.05) is 0 Å². The minimum Gasteiger partial charge on any atom is -0.386 e. The quantitative estimate of drug-likeness (QED) is 0.324. The molecular weight excluding hydrogens is 150 g/mol. The van der Waals surface area contributed by atoms with E-state index in [2.05, 4.69) is 4.74 Å². The fourth-order valence-electron chi connectivity index (χ4n) is 0.970. The van der Waals surface area contributed by atoms with Gasteiger partial charge in [-0.3, -0.25) is 0 Å². The van der Waals surface area contributed by atoms with Gasteiger partial charge in [0.1, 0.15) is 11.7 Å². The van der Waals surface area contributed by atoms with Gasteiger partial charge in [0.15, 0.2) is 6.29 Å². The summed E-state index contributed by atoms with van der Waals surface area (Å²) in [7, 11) is 0. The molecule has 0 saturated carbocycles. The zero-order chi connectivity index (χ0) is 8.65. The lowest BCUT2D eigenvalue weighted by Gasteiger charge is -2.41. The molecule has 5 N–H and O–H groups in total. The van der Waals surface area contributed by atoms with E-state index in [1.54, 1.807) is 0 Å². The Balaban J connectivity index is 2.72. The third-order valence-electron chi connectivity index (χ3n) is 2.07. The minimum atomic E-state index is -1.47. The number of ether oxygens (including phenoxy) is 1. The van der Waals surface area contributed by atoms with Crippen molar-refractivity contribution in [2.24, 2.45) is 5.73 Å². The van der Waals surface area contributed by atoms with Gasteiger partial charge in [0.05, 0.1) is 12.6 Å². The SMILES string of the molecule is C[C@@]1(O)[C@H](N)CO[C@H](O)[C@@H]1O. The van der Waals surface area contributed by atoms with Crippen LogP contribution in [-0.2, 0) is 4.74 Å². The molecule has 0 aromatic carbocycles. The molecule has 5 nitrogen and oxygen atoms in total. The predicted molar refractivity (Wildman–Crippen MR) is 36.6 cm³/mol. The zero-order valence-electron chi connectivity index (χ0n) is 6.27. The molecule has 0 amide bonds. The van der Waals surface area contributed by atoms with Crippen molar-refractivity contribution in [3.05, 3.63) is 0 Å². The highest BCUT2D eigenvalue weighted by Gasteiger charge is 2.45. The maximum atomic E-state index is 9.47. The lowest BCUT2D eigenvalue weighted by Crippen LogP contribution is -2.64. The average Bonchev–Trinajstić information content (AvgIpc) is 1.95. The Bertz CT molecular complexity index is 150.